The number of nitrogens with zero attached hydrogens (tertiary/aromatic N) is 3. The molecule has 0 atom stereocenters. The fourth-order valence-corrected chi connectivity index (χ4v) is 5.50. The first kappa shape index (κ1) is 25.8. The molecule has 1 aliphatic rings. The molecule has 5 aromatic rings. The third kappa shape index (κ3) is 5.47. The van der Waals surface area contributed by atoms with Crippen LogP contribution in [0.3, 0.4) is 0 Å². The topological polar surface area (TPSA) is 60.5 Å². The molecule has 0 aliphatic carbocycles. The van der Waals surface area contributed by atoms with Crippen LogP contribution >= 0.6 is 24.0 Å². The van der Waals surface area contributed by atoms with Crippen molar-refractivity contribution >= 4 is 40.3 Å². The number of ether oxygens (including phenoxy) is 1. The number of furan rings is 1. The zero-order chi connectivity index (χ0) is 27.5. The Hall–Kier alpha value is -4.47. The summed E-state index contributed by atoms with van der Waals surface area (Å²) in [6.45, 7) is 0.402. The van der Waals surface area contributed by atoms with Gasteiger partial charge in [-0.1, -0.05) is 60.4 Å². The largest absolute Gasteiger partial charge is 0.489 e. The first-order chi connectivity index (χ1) is 19.5. The molecule has 2 aromatic heterocycles. The van der Waals surface area contributed by atoms with Crippen LogP contribution in [0.2, 0.25) is 0 Å². The van der Waals surface area contributed by atoms with Crippen LogP contribution in [-0.4, -0.2) is 24.9 Å². The molecule has 0 radical (unpaired) electrons. The fraction of sp³-hybridized carbons (Fsp3) is 0.0645. The number of amides is 1. The molecule has 1 saturated heterocycles. The van der Waals surface area contributed by atoms with Gasteiger partial charge in [0.15, 0.2) is 0 Å². The molecule has 6 rings (SSSR count). The van der Waals surface area contributed by atoms with E-state index in [0.717, 1.165) is 16.8 Å². The lowest BCUT2D eigenvalue weighted by Crippen LogP contribution is -2.27. The second kappa shape index (κ2) is 11.3. The molecule has 3 heterocycles. The monoisotopic (exact) mass is 567 g/mol. The van der Waals surface area contributed by atoms with E-state index in [1.165, 1.54) is 22.7 Å². The Morgan fingerprint density at radius 1 is 0.975 bits per heavy atom. The van der Waals surface area contributed by atoms with Crippen LogP contribution in [0.5, 0.6) is 5.75 Å². The number of carbonyl (C=O) groups excluding carboxylic acids is 1. The van der Waals surface area contributed by atoms with Gasteiger partial charge in [-0.05, 0) is 60.7 Å². The summed E-state index contributed by atoms with van der Waals surface area (Å²) in [6.07, 6.45) is 5.29. The van der Waals surface area contributed by atoms with Gasteiger partial charge < -0.3 is 9.15 Å². The van der Waals surface area contributed by atoms with Gasteiger partial charge in [0.2, 0.25) is 0 Å². The van der Waals surface area contributed by atoms with E-state index in [1.54, 1.807) is 35.2 Å². The predicted octanol–water partition coefficient (Wildman–Crippen LogP) is 7.25. The molecule has 40 heavy (non-hydrogen) atoms. The van der Waals surface area contributed by atoms with Gasteiger partial charge in [0.25, 0.3) is 5.91 Å². The summed E-state index contributed by atoms with van der Waals surface area (Å²) in [5.41, 5.74) is 3.67. The highest BCUT2D eigenvalue weighted by Gasteiger charge is 2.33. The van der Waals surface area contributed by atoms with E-state index in [-0.39, 0.29) is 24.9 Å². The van der Waals surface area contributed by atoms with E-state index in [9.17, 15) is 9.18 Å². The summed E-state index contributed by atoms with van der Waals surface area (Å²) in [5.74, 6) is 0.786. The lowest BCUT2D eigenvalue weighted by Gasteiger charge is -2.11. The number of aromatic nitrogens is 2. The zero-order valence-electron chi connectivity index (χ0n) is 21.1. The molecular weight excluding hydrogens is 545 g/mol. The van der Waals surface area contributed by atoms with Crippen molar-refractivity contribution in [2.45, 2.75) is 13.2 Å². The van der Waals surface area contributed by atoms with E-state index in [1.807, 2.05) is 72.9 Å². The highest BCUT2D eigenvalue weighted by atomic mass is 32.2. The maximum Gasteiger partial charge on any atom is 0.266 e. The van der Waals surface area contributed by atoms with E-state index in [0.29, 0.717) is 32.0 Å². The third-order valence-corrected chi connectivity index (χ3v) is 7.68. The number of halogens is 1. The quantitative estimate of drug-likeness (QED) is 0.145. The SMILES string of the molecule is O=C1C(=Cc2cn(-c3ccccc3)nc2-c2ccc(OCc3ccccc3F)cc2)SC(=S)N1Cc1ccco1. The van der Waals surface area contributed by atoms with Crippen molar-refractivity contribution in [3.63, 3.8) is 0 Å². The van der Waals surface area contributed by atoms with Crippen LogP contribution in [-0.2, 0) is 17.9 Å². The molecule has 3 aromatic carbocycles. The highest BCUT2D eigenvalue weighted by Crippen LogP contribution is 2.36. The molecule has 6 nitrogen and oxygen atoms in total. The predicted molar refractivity (Wildman–Crippen MR) is 157 cm³/mol. The first-order valence-electron chi connectivity index (χ1n) is 12.4. The fourth-order valence-electron chi connectivity index (χ4n) is 4.25. The molecule has 1 amide bonds. The maximum absolute atomic E-state index is 14.0. The summed E-state index contributed by atoms with van der Waals surface area (Å²) >= 11 is 6.76. The maximum atomic E-state index is 14.0. The average Bonchev–Trinajstić information content (AvgIpc) is 3.71. The highest BCUT2D eigenvalue weighted by molar-refractivity contribution is 8.26. The minimum absolute atomic E-state index is 0.125. The summed E-state index contributed by atoms with van der Waals surface area (Å²) in [5, 5.41) is 4.85. The van der Waals surface area contributed by atoms with Gasteiger partial charge in [-0.25, -0.2) is 9.07 Å². The molecule has 0 N–H and O–H groups in total. The van der Waals surface area contributed by atoms with Crippen molar-refractivity contribution in [3.05, 3.63) is 131 Å². The van der Waals surface area contributed by atoms with E-state index in [2.05, 4.69) is 0 Å². The Morgan fingerprint density at radius 2 is 1.75 bits per heavy atom. The minimum atomic E-state index is -0.301. The number of rotatable bonds is 8. The van der Waals surface area contributed by atoms with Crippen LogP contribution in [0, 0.1) is 5.82 Å². The van der Waals surface area contributed by atoms with Gasteiger partial charge in [0.1, 0.15) is 28.3 Å². The Bertz CT molecular complexity index is 1700. The second-order valence-electron chi connectivity index (χ2n) is 8.96. The molecule has 0 unspecified atom stereocenters. The molecule has 1 fully saturated rings. The van der Waals surface area contributed by atoms with Gasteiger partial charge >= 0.3 is 0 Å². The van der Waals surface area contributed by atoms with Crippen LogP contribution in [0.15, 0.2) is 113 Å². The molecule has 0 bridgehead atoms. The van der Waals surface area contributed by atoms with Crippen molar-refractivity contribution in [2.24, 2.45) is 0 Å². The van der Waals surface area contributed by atoms with Crippen LogP contribution in [0.1, 0.15) is 16.9 Å². The van der Waals surface area contributed by atoms with Crippen molar-refractivity contribution in [1.29, 1.82) is 0 Å². The number of hydrogen-bond donors (Lipinski definition) is 0. The second-order valence-corrected chi connectivity index (χ2v) is 10.6. The molecule has 1 aliphatic heterocycles. The van der Waals surface area contributed by atoms with Gasteiger partial charge in [0.05, 0.1) is 29.1 Å². The van der Waals surface area contributed by atoms with Crippen LogP contribution in [0.25, 0.3) is 23.0 Å². The third-order valence-electron chi connectivity index (χ3n) is 6.30. The number of para-hydroxylation sites is 1. The number of carbonyl (C=O) groups is 1. The lowest BCUT2D eigenvalue weighted by molar-refractivity contribution is -0.122. The van der Waals surface area contributed by atoms with Crippen molar-refractivity contribution < 1.29 is 18.3 Å². The van der Waals surface area contributed by atoms with Crippen LogP contribution in [0.4, 0.5) is 4.39 Å². The summed E-state index contributed by atoms with van der Waals surface area (Å²) < 4.78 is 27.4. The number of thioether (sulfide) groups is 1. The van der Waals surface area contributed by atoms with E-state index in [4.69, 9.17) is 26.5 Å². The lowest BCUT2D eigenvalue weighted by atomic mass is 10.1. The normalized spacial score (nSPS) is 14.3. The Morgan fingerprint density at radius 3 is 2.50 bits per heavy atom. The number of hydrogen-bond acceptors (Lipinski definition) is 6. The zero-order valence-corrected chi connectivity index (χ0v) is 22.7. The molecular formula is C31H22FN3O3S2. The Kier molecular flexibility index (Phi) is 7.31. The van der Waals surface area contributed by atoms with Gasteiger partial charge in [0, 0.05) is 22.9 Å². The van der Waals surface area contributed by atoms with E-state index < -0.39 is 0 Å². The molecule has 9 heteroatoms. The Balaban J connectivity index is 1.29. The number of thiocarbonyl (C=S) groups is 1. The van der Waals surface area contributed by atoms with E-state index >= 15 is 0 Å². The van der Waals surface area contributed by atoms with Gasteiger partial charge in [-0.2, -0.15) is 5.10 Å². The number of benzene rings is 3. The van der Waals surface area contributed by atoms with Crippen molar-refractivity contribution in [2.75, 3.05) is 0 Å². The smallest absolute Gasteiger partial charge is 0.266 e. The molecule has 0 spiro atoms. The first-order valence-corrected chi connectivity index (χ1v) is 13.7. The van der Waals surface area contributed by atoms with Crippen molar-refractivity contribution in [3.8, 4) is 22.7 Å². The average molecular weight is 568 g/mol. The standard InChI is InChI=1S/C31H22FN3O3S2/c32-27-11-5-4-7-22(27)20-38-25-14-12-21(13-15-25)29-23(18-35(33-29)24-8-2-1-3-9-24)17-28-30(36)34(31(39)40-28)19-26-10-6-16-37-26/h1-18H,19-20H2. The van der Waals surface area contributed by atoms with Gasteiger partial charge in [-0.3, -0.25) is 9.69 Å². The molecule has 198 valence electrons. The summed E-state index contributed by atoms with van der Waals surface area (Å²) in [6, 6.07) is 27.3. The molecule has 0 saturated carbocycles. The van der Waals surface area contributed by atoms with Crippen LogP contribution < -0.4 is 4.74 Å². The van der Waals surface area contributed by atoms with Crippen molar-refractivity contribution in [1.82, 2.24) is 14.7 Å². The minimum Gasteiger partial charge on any atom is -0.489 e. The Labute approximate surface area is 239 Å². The summed E-state index contributed by atoms with van der Waals surface area (Å²) in [7, 11) is 0. The van der Waals surface area contributed by atoms with Gasteiger partial charge in [-0.15, -0.1) is 0 Å². The summed E-state index contributed by atoms with van der Waals surface area (Å²) in [4.78, 5) is 15.3.